The van der Waals surface area contributed by atoms with Gasteiger partial charge in [0.2, 0.25) is 5.43 Å². The Kier molecular flexibility index (Phi) is 6.24. The van der Waals surface area contributed by atoms with Crippen molar-refractivity contribution in [2.75, 3.05) is 24.7 Å². The van der Waals surface area contributed by atoms with Crippen molar-refractivity contribution in [2.45, 2.75) is 68.2 Å². The summed E-state index contributed by atoms with van der Waals surface area (Å²) in [6.45, 7) is 3.11. The third-order valence-electron chi connectivity index (χ3n) is 6.79. The van der Waals surface area contributed by atoms with Gasteiger partial charge in [-0.1, -0.05) is 13.8 Å². The smallest absolute Gasteiger partial charge is 0.418 e. The van der Waals surface area contributed by atoms with Gasteiger partial charge in [-0.25, -0.2) is 8.42 Å². The van der Waals surface area contributed by atoms with E-state index in [-0.39, 0.29) is 16.0 Å². The Morgan fingerprint density at radius 3 is 2.57 bits per heavy atom. The lowest BCUT2D eigenvalue weighted by Crippen LogP contribution is -2.52. The van der Waals surface area contributed by atoms with E-state index in [0.29, 0.717) is 55.0 Å². The summed E-state index contributed by atoms with van der Waals surface area (Å²) in [5.74, 6) is 0.372. The van der Waals surface area contributed by atoms with Gasteiger partial charge < -0.3 is 19.7 Å². The molecule has 2 N–H and O–H groups in total. The quantitative estimate of drug-likeness (QED) is 0.615. The minimum Gasteiger partial charge on any atom is -0.493 e. The standard InChI is InChI=1S/C24H29F3N2O5S/c1-22(2,17-12-16(35(3,32)33)11-15-7-10-34-21(15)17)13-23(31,24(25,26)27)14-29-9-6-19(30)20-18(29)5-4-8-28-20/h6,9,11-12,28,31H,4-5,7-8,10,13-14H2,1-3H3. The molecule has 0 spiro atoms. The van der Waals surface area contributed by atoms with Gasteiger partial charge in [0.1, 0.15) is 11.4 Å². The van der Waals surface area contributed by atoms with Crippen molar-refractivity contribution in [3.63, 3.8) is 0 Å². The predicted octanol–water partition coefficient (Wildman–Crippen LogP) is 3.21. The zero-order valence-electron chi connectivity index (χ0n) is 19.8. The number of pyridine rings is 1. The second-order valence-electron chi connectivity index (χ2n) is 10.1. The number of fused-ring (bicyclic) bond motifs is 2. The van der Waals surface area contributed by atoms with Gasteiger partial charge in [0.15, 0.2) is 15.4 Å². The number of alkyl halides is 3. The molecule has 3 heterocycles. The van der Waals surface area contributed by atoms with Crippen LogP contribution in [0.25, 0.3) is 0 Å². The van der Waals surface area contributed by atoms with Gasteiger partial charge in [0, 0.05) is 42.7 Å². The molecule has 0 saturated heterocycles. The van der Waals surface area contributed by atoms with Crippen LogP contribution >= 0.6 is 0 Å². The molecule has 1 aromatic carbocycles. The Hall–Kier alpha value is -2.53. The normalized spacial score (nSPS) is 17.7. The van der Waals surface area contributed by atoms with E-state index in [1.807, 2.05) is 0 Å². The average Bonchev–Trinajstić information content (AvgIpc) is 3.22. The molecule has 0 radical (unpaired) electrons. The van der Waals surface area contributed by atoms with Crippen molar-refractivity contribution in [2.24, 2.45) is 0 Å². The van der Waals surface area contributed by atoms with Crippen molar-refractivity contribution in [3.05, 3.63) is 51.4 Å². The monoisotopic (exact) mass is 514 g/mol. The van der Waals surface area contributed by atoms with Crippen molar-refractivity contribution in [1.29, 1.82) is 0 Å². The minimum absolute atomic E-state index is 0.000858. The first-order chi connectivity index (χ1) is 16.1. The molecular formula is C24H29F3N2O5S. The predicted molar refractivity (Wildman–Crippen MR) is 125 cm³/mol. The van der Waals surface area contributed by atoms with Crippen LogP contribution in [0.15, 0.2) is 34.1 Å². The topological polar surface area (TPSA) is 97.6 Å². The molecule has 0 saturated carbocycles. The van der Waals surface area contributed by atoms with Gasteiger partial charge in [-0.3, -0.25) is 4.79 Å². The van der Waals surface area contributed by atoms with Crippen LogP contribution in [0.2, 0.25) is 0 Å². The molecule has 2 aromatic rings. The summed E-state index contributed by atoms with van der Waals surface area (Å²) in [4.78, 5) is 12.2. The Morgan fingerprint density at radius 2 is 1.91 bits per heavy atom. The number of ether oxygens (including phenoxy) is 1. The summed E-state index contributed by atoms with van der Waals surface area (Å²) < 4.78 is 74.8. The van der Waals surface area contributed by atoms with Crippen molar-refractivity contribution >= 4 is 15.5 Å². The second-order valence-corrected chi connectivity index (χ2v) is 12.1. The minimum atomic E-state index is -5.00. The zero-order chi connectivity index (χ0) is 25.8. The molecule has 1 aromatic heterocycles. The van der Waals surface area contributed by atoms with E-state index in [4.69, 9.17) is 4.74 Å². The highest BCUT2D eigenvalue weighted by Crippen LogP contribution is 2.47. The second kappa shape index (κ2) is 8.55. The number of aromatic nitrogens is 1. The van der Waals surface area contributed by atoms with Crippen LogP contribution in [0.1, 0.15) is 43.5 Å². The molecule has 35 heavy (non-hydrogen) atoms. The highest BCUT2D eigenvalue weighted by atomic mass is 32.2. The third kappa shape index (κ3) is 4.80. The largest absolute Gasteiger partial charge is 0.493 e. The lowest BCUT2D eigenvalue weighted by atomic mass is 9.74. The number of rotatable bonds is 6. The van der Waals surface area contributed by atoms with Gasteiger partial charge in [0.05, 0.1) is 18.0 Å². The van der Waals surface area contributed by atoms with Crippen LogP contribution in [0.4, 0.5) is 18.9 Å². The Bertz CT molecular complexity index is 1320. The lowest BCUT2D eigenvalue weighted by Gasteiger charge is -2.39. The summed E-state index contributed by atoms with van der Waals surface area (Å²) >= 11 is 0. The van der Waals surface area contributed by atoms with Crippen molar-refractivity contribution < 1.29 is 31.4 Å². The van der Waals surface area contributed by atoms with Gasteiger partial charge in [0.25, 0.3) is 0 Å². The summed E-state index contributed by atoms with van der Waals surface area (Å²) in [6, 6.07) is 4.03. The van der Waals surface area contributed by atoms with Gasteiger partial charge in [-0.15, -0.1) is 0 Å². The van der Waals surface area contributed by atoms with Gasteiger partial charge >= 0.3 is 6.18 Å². The third-order valence-corrected chi connectivity index (χ3v) is 7.88. The molecule has 0 fully saturated rings. The summed E-state index contributed by atoms with van der Waals surface area (Å²) in [7, 11) is -3.62. The van der Waals surface area contributed by atoms with Crippen LogP contribution in [0.3, 0.4) is 0 Å². The average molecular weight is 515 g/mol. The van der Waals surface area contributed by atoms with Crippen LogP contribution in [0, 0.1) is 0 Å². The Morgan fingerprint density at radius 1 is 1.20 bits per heavy atom. The van der Waals surface area contributed by atoms with Crippen LogP contribution in [-0.4, -0.2) is 49.3 Å². The molecule has 1 atom stereocenters. The van der Waals surface area contributed by atoms with E-state index in [2.05, 4.69) is 5.32 Å². The number of sulfone groups is 1. The van der Waals surface area contributed by atoms with Gasteiger partial charge in [-0.2, -0.15) is 13.2 Å². The molecule has 2 aliphatic heterocycles. The highest BCUT2D eigenvalue weighted by Gasteiger charge is 2.56. The first kappa shape index (κ1) is 25.6. The SMILES string of the molecule is CC(C)(CC(O)(Cn1ccc(=O)c2c1CCCN2)C(F)(F)F)c1cc(S(C)(=O)=O)cc2c1OCC2. The van der Waals surface area contributed by atoms with E-state index in [0.717, 1.165) is 6.26 Å². The number of nitrogens with zero attached hydrogens (tertiary/aromatic N) is 1. The number of hydrogen-bond acceptors (Lipinski definition) is 6. The molecule has 2 aliphatic rings. The molecule has 4 rings (SSSR count). The van der Waals surface area contributed by atoms with E-state index in [9.17, 15) is 31.5 Å². The maximum atomic E-state index is 14.4. The fraction of sp³-hybridized carbons (Fsp3) is 0.542. The van der Waals surface area contributed by atoms with Crippen molar-refractivity contribution in [3.8, 4) is 5.75 Å². The van der Waals surface area contributed by atoms with Crippen LogP contribution < -0.4 is 15.5 Å². The molecule has 1 unspecified atom stereocenters. The summed E-state index contributed by atoms with van der Waals surface area (Å²) in [5.41, 5.74) is -3.18. The molecule has 0 bridgehead atoms. The fourth-order valence-corrected chi connectivity index (χ4v) is 5.73. The molecule has 11 heteroatoms. The van der Waals surface area contributed by atoms with E-state index >= 15 is 0 Å². The number of benzene rings is 1. The van der Waals surface area contributed by atoms with Gasteiger partial charge in [-0.05, 0) is 42.4 Å². The number of hydrogen-bond donors (Lipinski definition) is 2. The van der Waals surface area contributed by atoms with Crippen LogP contribution in [-0.2, 0) is 34.6 Å². The molecular weight excluding hydrogens is 485 g/mol. The Labute approximate surface area is 201 Å². The Balaban J connectivity index is 1.78. The first-order valence-corrected chi connectivity index (χ1v) is 13.3. The molecule has 7 nitrogen and oxygen atoms in total. The van der Waals surface area contributed by atoms with Crippen LogP contribution in [0.5, 0.6) is 5.75 Å². The summed E-state index contributed by atoms with van der Waals surface area (Å²) in [5, 5.41) is 14.1. The fourth-order valence-electron chi connectivity index (χ4n) is 5.04. The number of nitrogens with one attached hydrogen (secondary N) is 1. The molecule has 0 aliphatic carbocycles. The molecule has 0 amide bonds. The first-order valence-electron chi connectivity index (χ1n) is 11.4. The van der Waals surface area contributed by atoms with E-state index in [1.165, 1.54) is 42.8 Å². The maximum absolute atomic E-state index is 14.4. The highest BCUT2D eigenvalue weighted by molar-refractivity contribution is 7.90. The number of aliphatic hydroxyl groups is 1. The van der Waals surface area contributed by atoms with Crippen molar-refractivity contribution in [1.82, 2.24) is 4.57 Å². The maximum Gasteiger partial charge on any atom is 0.418 e. The van der Waals surface area contributed by atoms with E-state index < -0.39 is 40.0 Å². The number of anilines is 1. The molecule has 192 valence electrons. The lowest BCUT2D eigenvalue weighted by molar-refractivity contribution is -0.271. The zero-order valence-corrected chi connectivity index (χ0v) is 20.6. The number of halogens is 3. The summed E-state index contributed by atoms with van der Waals surface area (Å²) in [6.07, 6.45) is -1.92. The van der Waals surface area contributed by atoms with E-state index in [1.54, 1.807) is 0 Å².